The fourth-order valence-corrected chi connectivity index (χ4v) is 2.27. The highest BCUT2D eigenvalue weighted by atomic mass is 35.5. The number of carbonyl (C=O) groups is 1. The molecule has 3 rings (SSSR count). The molecule has 25 heavy (non-hydrogen) atoms. The maximum Gasteiger partial charge on any atom is 0.270 e. The summed E-state index contributed by atoms with van der Waals surface area (Å²) in [6, 6.07) is 7.79. The predicted octanol–water partition coefficient (Wildman–Crippen LogP) is 1.22. The van der Waals surface area contributed by atoms with E-state index in [0.717, 1.165) is 0 Å². The molecule has 9 heteroatoms. The van der Waals surface area contributed by atoms with Gasteiger partial charge in [-0.15, -0.1) is 0 Å². The van der Waals surface area contributed by atoms with Crippen LogP contribution in [0.15, 0.2) is 47.7 Å². The van der Waals surface area contributed by atoms with Gasteiger partial charge in [-0.25, -0.2) is 19.9 Å². The lowest BCUT2D eigenvalue weighted by Crippen LogP contribution is -2.29. The maximum absolute atomic E-state index is 12.2. The molecule has 8 nitrogen and oxygen atoms in total. The predicted molar refractivity (Wildman–Crippen MR) is 90.9 cm³/mol. The van der Waals surface area contributed by atoms with E-state index < -0.39 is 5.91 Å². The molecule has 126 valence electrons. The molecular weight excluding hydrogens is 344 g/mol. The number of nitrogens with zero attached hydrogens (tertiary/aromatic N) is 5. The van der Waals surface area contributed by atoms with Crippen LogP contribution in [0.3, 0.4) is 0 Å². The first-order chi connectivity index (χ1) is 12.0. The van der Waals surface area contributed by atoms with Crippen LogP contribution < -0.4 is 10.9 Å². The number of halogens is 1. The number of amides is 1. The molecule has 0 atom stereocenters. The topological polar surface area (TPSA) is 103 Å². The lowest BCUT2D eigenvalue weighted by molar-refractivity contribution is 0.0944. The normalized spacial score (nSPS) is 10.5. The van der Waals surface area contributed by atoms with Crippen LogP contribution in [0.1, 0.15) is 16.3 Å². The molecule has 0 unspecified atom stereocenters. The molecule has 0 aliphatic carbocycles. The summed E-state index contributed by atoms with van der Waals surface area (Å²) in [4.78, 5) is 40.5. The molecule has 0 aromatic carbocycles. The Balaban J connectivity index is 1.84. The van der Waals surface area contributed by atoms with Gasteiger partial charge in [0.1, 0.15) is 23.0 Å². The first kappa shape index (κ1) is 16.7. The molecule has 0 fully saturated rings. The fourth-order valence-electron chi connectivity index (χ4n) is 2.10. The molecule has 1 amide bonds. The van der Waals surface area contributed by atoms with Crippen LogP contribution in [0.5, 0.6) is 0 Å². The number of hydrogen-bond acceptors (Lipinski definition) is 6. The first-order valence-corrected chi connectivity index (χ1v) is 7.66. The van der Waals surface area contributed by atoms with Crippen LogP contribution in [0.4, 0.5) is 0 Å². The second-order valence-electron chi connectivity index (χ2n) is 5.08. The van der Waals surface area contributed by atoms with Crippen molar-refractivity contribution in [2.75, 3.05) is 0 Å². The number of carbonyl (C=O) groups excluding carboxylic acids is 1. The Hall–Kier alpha value is -3.13. The molecule has 0 saturated heterocycles. The Kier molecular flexibility index (Phi) is 4.80. The minimum absolute atomic E-state index is 0.0533. The van der Waals surface area contributed by atoms with Gasteiger partial charge >= 0.3 is 0 Å². The highest BCUT2D eigenvalue weighted by Gasteiger charge is 2.12. The van der Waals surface area contributed by atoms with Gasteiger partial charge in [-0.2, -0.15) is 0 Å². The van der Waals surface area contributed by atoms with E-state index in [1.165, 1.54) is 17.0 Å². The average molecular weight is 357 g/mol. The fraction of sp³-hybridized carbons (Fsp3) is 0.125. The Morgan fingerprint density at radius 2 is 2.08 bits per heavy atom. The van der Waals surface area contributed by atoms with Crippen molar-refractivity contribution in [3.63, 3.8) is 0 Å². The van der Waals surface area contributed by atoms with E-state index in [0.29, 0.717) is 17.2 Å². The van der Waals surface area contributed by atoms with Crippen LogP contribution in [-0.4, -0.2) is 30.4 Å². The van der Waals surface area contributed by atoms with Crippen molar-refractivity contribution in [2.45, 2.75) is 6.54 Å². The summed E-state index contributed by atoms with van der Waals surface area (Å²) in [5.74, 6) is -0.0271. The van der Waals surface area contributed by atoms with E-state index in [4.69, 9.17) is 11.6 Å². The maximum atomic E-state index is 12.2. The van der Waals surface area contributed by atoms with Gasteiger partial charge < -0.3 is 5.32 Å². The molecule has 3 aromatic heterocycles. The average Bonchev–Trinajstić information content (AvgIpc) is 2.63. The molecule has 0 aliphatic rings. The highest BCUT2D eigenvalue weighted by Crippen LogP contribution is 2.11. The Bertz CT molecular complexity index is 974. The van der Waals surface area contributed by atoms with Crippen molar-refractivity contribution in [3.8, 4) is 11.4 Å². The van der Waals surface area contributed by atoms with Gasteiger partial charge in [-0.1, -0.05) is 17.7 Å². The molecule has 0 saturated carbocycles. The zero-order valence-electron chi connectivity index (χ0n) is 13.2. The summed E-state index contributed by atoms with van der Waals surface area (Å²) in [5.41, 5.74) is 0.866. The Morgan fingerprint density at radius 3 is 2.80 bits per heavy atom. The monoisotopic (exact) mass is 356 g/mol. The summed E-state index contributed by atoms with van der Waals surface area (Å²) in [7, 11) is 1.58. The molecular formula is C16H13ClN6O2. The van der Waals surface area contributed by atoms with Crippen LogP contribution in [-0.2, 0) is 13.6 Å². The second-order valence-corrected chi connectivity index (χ2v) is 5.46. The molecule has 1 N–H and O–H groups in total. The van der Waals surface area contributed by atoms with E-state index in [-0.39, 0.29) is 23.0 Å². The summed E-state index contributed by atoms with van der Waals surface area (Å²) in [5, 5.41) is 2.90. The molecule has 3 aromatic rings. The lowest BCUT2D eigenvalue weighted by Gasteiger charge is -2.10. The number of aromatic nitrogens is 5. The van der Waals surface area contributed by atoms with Crippen LogP contribution in [0.25, 0.3) is 11.4 Å². The molecule has 0 aliphatic heterocycles. The van der Waals surface area contributed by atoms with E-state index in [2.05, 4.69) is 25.3 Å². The first-order valence-electron chi connectivity index (χ1n) is 7.28. The van der Waals surface area contributed by atoms with Crippen LogP contribution in [0.2, 0.25) is 5.15 Å². The van der Waals surface area contributed by atoms with Crippen molar-refractivity contribution in [1.29, 1.82) is 0 Å². The third kappa shape index (κ3) is 3.86. The number of rotatable bonds is 4. The zero-order valence-corrected chi connectivity index (χ0v) is 13.9. The van der Waals surface area contributed by atoms with Gasteiger partial charge in [0.15, 0.2) is 0 Å². The molecule has 0 spiro atoms. The van der Waals surface area contributed by atoms with Gasteiger partial charge in [0.25, 0.3) is 11.5 Å². The van der Waals surface area contributed by atoms with E-state index >= 15 is 0 Å². The third-order valence-electron chi connectivity index (χ3n) is 3.43. The van der Waals surface area contributed by atoms with Gasteiger partial charge in [0.2, 0.25) is 0 Å². The minimum atomic E-state index is -0.413. The van der Waals surface area contributed by atoms with E-state index in [1.54, 1.807) is 37.5 Å². The standard InChI is InChI=1S/C16H13ClN6O2/c1-23-14(8-19-16(25)11-3-2-4-13(17)21-11)22-12(7-15(23)24)10-5-6-18-9-20-10/h2-7,9H,8H2,1H3,(H,19,25). The van der Waals surface area contributed by atoms with Gasteiger partial charge in [-0.3, -0.25) is 14.2 Å². The zero-order chi connectivity index (χ0) is 17.8. The SMILES string of the molecule is Cn1c(CNC(=O)c2cccc(Cl)n2)nc(-c2ccncn2)cc1=O. The number of pyridine rings is 1. The summed E-state index contributed by atoms with van der Waals surface area (Å²) in [6.45, 7) is 0.0533. The van der Waals surface area contributed by atoms with Crippen molar-refractivity contribution in [2.24, 2.45) is 7.05 Å². The van der Waals surface area contributed by atoms with E-state index in [9.17, 15) is 9.59 Å². The summed E-state index contributed by atoms with van der Waals surface area (Å²) < 4.78 is 1.36. The van der Waals surface area contributed by atoms with Gasteiger partial charge in [0, 0.05) is 19.3 Å². The minimum Gasteiger partial charge on any atom is -0.343 e. The van der Waals surface area contributed by atoms with Crippen LogP contribution >= 0.6 is 11.6 Å². The third-order valence-corrected chi connectivity index (χ3v) is 3.64. The summed E-state index contributed by atoms with van der Waals surface area (Å²) >= 11 is 5.78. The smallest absolute Gasteiger partial charge is 0.270 e. The second kappa shape index (κ2) is 7.18. The highest BCUT2D eigenvalue weighted by molar-refractivity contribution is 6.29. The van der Waals surface area contributed by atoms with Crippen molar-refractivity contribution in [3.05, 3.63) is 69.9 Å². The van der Waals surface area contributed by atoms with Crippen molar-refractivity contribution in [1.82, 2.24) is 29.8 Å². The molecule has 3 heterocycles. The Labute approximate surface area is 147 Å². The summed E-state index contributed by atoms with van der Waals surface area (Å²) in [6.07, 6.45) is 2.94. The largest absolute Gasteiger partial charge is 0.343 e. The Morgan fingerprint density at radius 1 is 1.24 bits per heavy atom. The van der Waals surface area contributed by atoms with Crippen molar-refractivity contribution < 1.29 is 4.79 Å². The van der Waals surface area contributed by atoms with Crippen LogP contribution in [0, 0.1) is 0 Å². The molecule has 0 bridgehead atoms. The van der Waals surface area contributed by atoms with Gasteiger partial charge in [-0.05, 0) is 18.2 Å². The van der Waals surface area contributed by atoms with Crippen molar-refractivity contribution >= 4 is 17.5 Å². The molecule has 0 radical (unpaired) electrons. The van der Waals surface area contributed by atoms with Gasteiger partial charge in [0.05, 0.1) is 17.9 Å². The van der Waals surface area contributed by atoms with E-state index in [1.807, 2.05) is 0 Å². The number of nitrogens with one attached hydrogen (secondary N) is 1. The number of hydrogen-bond donors (Lipinski definition) is 1. The lowest BCUT2D eigenvalue weighted by atomic mass is 10.3. The quantitative estimate of drug-likeness (QED) is 0.705.